The zero-order valence-corrected chi connectivity index (χ0v) is 18.7. The summed E-state index contributed by atoms with van der Waals surface area (Å²) in [7, 11) is 1.43. The molecular weight excluding hydrogens is 480 g/mol. The van der Waals surface area contributed by atoms with Gasteiger partial charge in [-0.2, -0.15) is 0 Å². The summed E-state index contributed by atoms with van der Waals surface area (Å²) >= 11 is 1.94. The summed E-state index contributed by atoms with van der Waals surface area (Å²) in [5.41, 5.74) is -1.32. The Balaban J connectivity index is 1.50. The van der Waals surface area contributed by atoms with Crippen LogP contribution >= 0.6 is 23.1 Å². The van der Waals surface area contributed by atoms with Crippen LogP contribution in [0.1, 0.15) is 26.9 Å². The van der Waals surface area contributed by atoms with E-state index in [4.69, 9.17) is 9.84 Å². The third-order valence-corrected chi connectivity index (χ3v) is 7.07. The van der Waals surface area contributed by atoms with Crippen LogP contribution in [0.5, 0.6) is 5.75 Å². The first kappa shape index (κ1) is 23.4. The summed E-state index contributed by atoms with van der Waals surface area (Å²) in [6, 6.07) is 1.56. The van der Waals surface area contributed by atoms with Crippen LogP contribution in [0.25, 0.3) is 11.0 Å². The molecule has 3 aromatic rings. The van der Waals surface area contributed by atoms with Crippen LogP contribution in [0.2, 0.25) is 0 Å². The second-order valence-electron chi connectivity index (χ2n) is 7.11. The maximum absolute atomic E-state index is 13.2. The van der Waals surface area contributed by atoms with Gasteiger partial charge in [0.2, 0.25) is 5.91 Å². The standard InChI is InChI=1S/C19H17F2N5O5S2/c1-31-9-2-10-15(22-3-9)24-16(14(20)21)25-17(10)32-6-11(28)12-4-23-18(33-12)19(30)7-26(8-19)13(29)5-27/h2-4,14,27,30H,5-8H2,1H3. The Morgan fingerprint density at radius 1 is 1.30 bits per heavy atom. The Kier molecular flexibility index (Phi) is 6.52. The Hall–Kier alpha value is -2.81. The number of halogens is 2. The first-order valence-corrected chi connectivity index (χ1v) is 11.3. The molecule has 2 N–H and O–H groups in total. The second kappa shape index (κ2) is 9.21. The zero-order valence-electron chi connectivity index (χ0n) is 17.1. The molecule has 3 aromatic heterocycles. The molecule has 0 unspecified atom stereocenters. The number of aromatic nitrogens is 4. The van der Waals surface area contributed by atoms with E-state index in [9.17, 15) is 23.5 Å². The van der Waals surface area contributed by atoms with Gasteiger partial charge in [-0.05, 0) is 6.07 Å². The van der Waals surface area contributed by atoms with Gasteiger partial charge in [-0.3, -0.25) is 9.59 Å². The highest BCUT2D eigenvalue weighted by molar-refractivity contribution is 8.00. The number of thioether (sulfide) groups is 1. The number of aliphatic hydroxyl groups excluding tert-OH is 1. The van der Waals surface area contributed by atoms with Gasteiger partial charge >= 0.3 is 0 Å². The lowest BCUT2D eigenvalue weighted by Gasteiger charge is -2.44. The number of rotatable bonds is 8. The predicted molar refractivity (Wildman–Crippen MR) is 114 cm³/mol. The Labute approximate surface area is 193 Å². The molecule has 1 saturated heterocycles. The normalized spacial score (nSPS) is 15.0. The minimum absolute atomic E-state index is 0.0273. The number of amides is 1. The molecule has 0 atom stereocenters. The topological polar surface area (TPSA) is 139 Å². The molecule has 0 radical (unpaired) electrons. The summed E-state index contributed by atoms with van der Waals surface area (Å²) in [5, 5.41) is 20.3. The monoisotopic (exact) mass is 497 g/mol. The molecular formula is C19H17F2N5O5S2. The number of aliphatic hydroxyl groups is 2. The summed E-state index contributed by atoms with van der Waals surface area (Å²) < 4.78 is 31.6. The fraction of sp³-hybridized carbons (Fsp3) is 0.368. The number of ketones is 1. The maximum Gasteiger partial charge on any atom is 0.297 e. The minimum Gasteiger partial charge on any atom is -0.495 e. The van der Waals surface area contributed by atoms with E-state index in [1.165, 1.54) is 24.4 Å². The maximum atomic E-state index is 13.2. The fourth-order valence-electron chi connectivity index (χ4n) is 3.12. The number of hydrogen-bond donors (Lipinski definition) is 2. The molecule has 0 saturated carbocycles. The quantitative estimate of drug-likeness (QED) is 0.267. The number of β-amino-alcohol motifs (C(OH)–C–C–N with tert-alkyl or cyclic N) is 1. The van der Waals surface area contributed by atoms with Crippen LogP contribution in [0.4, 0.5) is 8.78 Å². The molecule has 1 aliphatic rings. The molecule has 1 aliphatic heterocycles. The highest BCUT2D eigenvalue weighted by Crippen LogP contribution is 2.35. The van der Waals surface area contributed by atoms with E-state index in [0.717, 1.165) is 23.1 Å². The number of nitrogens with zero attached hydrogens (tertiary/aromatic N) is 5. The number of alkyl halides is 2. The zero-order chi connectivity index (χ0) is 23.8. The van der Waals surface area contributed by atoms with Crippen molar-refractivity contribution in [2.45, 2.75) is 17.1 Å². The highest BCUT2D eigenvalue weighted by Gasteiger charge is 2.47. The molecule has 0 aliphatic carbocycles. The van der Waals surface area contributed by atoms with Gasteiger partial charge in [-0.1, -0.05) is 11.8 Å². The third kappa shape index (κ3) is 4.64. The summed E-state index contributed by atoms with van der Waals surface area (Å²) in [5.74, 6) is -1.27. The first-order valence-electron chi connectivity index (χ1n) is 9.47. The predicted octanol–water partition coefficient (Wildman–Crippen LogP) is 1.42. The number of pyridine rings is 1. The molecule has 4 rings (SSSR count). The minimum atomic E-state index is -2.90. The third-order valence-electron chi connectivity index (χ3n) is 4.85. The van der Waals surface area contributed by atoms with E-state index in [-0.39, 0.29) is 45.2 Å². The fourth-order valence-corrected chi connectivity index (χ4v) is 5.02. The molecule has 4 heterocycles. The van der Waals surface area contributed by atoms with Crippen LogP contribution in [-0.2, 0) is 10.4 Å². The van der Waals surface area contributed by atoms with E-state index in [1.54, 1.807) is 6.07 Å². The molecule has 1 fully saturated rings. The van der Waals surface area contributed by atoms with E-state index < -0.39 is 30.4 Å². The number of Topliss-reactive ketones (excluding diaryl/α,β-unsaturated/α-hetero) is 1. The van der Waals surface area contributed by atoms with Gasteiger partial charge in [-0.15, -0.1) is 11.3 Å². The average Bonchev–Trinajstić information content (AvgIpc) is 3.30. The Morgan fingerprint density at radius 3 is 2.73 bits per heavy atom. The second-order valence-corrected chi connectivity index (χ2v) is 9.11. The van der Waals surface area contributed by atoms with Gasteiger partial charge in [0.1, 0.15) is 22.4 Å². The van der Waals surface area contributed by atoms with Crippen molar-refractivity contribution in [3.05, 3.63) is 34.2 Å². The van der Waals surface area contributed by atoms with Crippen LogP contribution in [0, 0.1) is 0 Å². The van der Waals surface area contributed by atoms with E-state index in [0.29, 0.717) is 11.1 Å². The lowest BCUT2D eigenvalue weighted by molar-refractivity contribution is -0.159. The molecule has 10 nitrogen and oxygen atoms in total. The molecule has 0 bridgehead atoms. The summed E-state index contributed by atoms with van der Waals surface area (Å²) in [6.07, 6.45) is -0.230. The van der Waals surface area contributed by atoms with Crippen molar-refractivity contribution in [3.8, 4) is 5.75 Å². The lowest BCUT2D eigenvalue weighted by atomic mass is 9.95. The SMILES string of the molecule is COc1cnc2nc(C(F)F)nc(SCC(=O)c3cnc(C4(O)CN(C(=O)CO)C4)s3)c2c1. The Morgan fingerprint density at radius 2 is 2.06 bits per heavy atom. The van der Waals surface area contributed by atoms with Gasteiger partial charge in [0.05, 0.1) is 42.4 Å². The van der Waals surface area contributed by atoms with Crippen molar-refractivity contribution in [2.24, 2.45) is 0 Å². The summed E-state index contributed by atoms with van der Waals surface area (Å²) in [6.45, 7) is -0.706. The van der Waals surface area contributed by atoms with Crippen molar-refractivity contribution in [1.82, 2.24) is 24.8 Å². The molecule has 1 amide bonds. The number of carbonyl (C=O) groups excluding carboxylic acids is 2. The summed E-state index contributed by atoms with van der Waals surface area (Å²) in [4.78, 5) is 41.5. The number of ether oxygens (including phenoxy) is 1. The van der Waals surface area contributed by atoms with Crippen LogP contribution < -0.4 is 4.74 Å². The largest absolute Gasteiger partial charge is 0.495 e. The molecule has 0 aromatic carbocycles. The Bertz CT molecular complexity index is 1220. The van der Waals surface area contributed by atoms with Gasteiger partial charge in [0.15, 0.2) is 22.9 Å². The van der Waals surface area contributed by atoms with Gasteiger partial charge in [0, 0.05) is 6.20 Å². The number of fused-ring (bicyclic) bond motifs is 1. The molecule has 33 heavy (non-hydrogen) atoms. The number of likely N-dealkylation sites (tertiary alicyclic amines) is 1. The van der Waals surface area contributed by atoms with Crippen molar-refractivity contribution in [2.75, 3.05) is 32.6 Å². The number of thiazole rings is 1. The van der Waals surface area contributed by atoms with Gasteiger partial charge < -0.3 is 19.8 Å². The van der Waals surface area contributed by atoms with Crippen molar-refractivity contribution < 1.29 is 33.3 Å². The van der Waals surface area contributed by atoms with E-state index in [2.05, 4.69) is 19.9 Å². The van der Waals surface area contributed by atoms with Crippen molar-refractivity contribution in [3.63, 3.8) is 0 Å². The van der Waals surface area contributed by atoms with Crippen molar-refractivity contribution in [1.29, 1.82) is 0 Å². The van der Waals surface area contributed by atoms with Crippen LogP contribution in [-0.4, -0.2) is 79.3 Å². The number of hydrogen-bond acceptors (Lipinski definition) is 11. The van der Waals surface area contributed by atoms with Crippen molar-refractivity contribution >= 4 is 45.8 Å². The first-order chi connectivity index (χ1) is 15.7. The van der Waals surface area contributed by atoms with Gasteiger partial charge in [-0.25, -0.2) is 28.7 Å². The molecule has 174 valence electrons. The van der Waals surface area contributed by atoms with Crippen LogP contribution in [0.15, 0.2) is 23.5 Å². The number of methoxy groups -OCH3 is 1. The van der Waals surface area contributed by atoms with E-state index >= 15 is 0 Å². The molecule has 0 spiro atoms. The van der Waals surface area contributed by atoms with Crippen LogP contribution in [0.3, 0.4) is 0 Å². The van der Waals surface area contributed by atoms with E-state index in [1.807, 2.05) is 0 Å². The highest BCUT2D eigenvalue weighted by atomic mass is 32.2. The van der Waals surface area contributed by atoms with Gasteiger partial charge in [0.25, 0.3) is 6.43 Å². The smallest absolute Gasteiger partial charge is 0.297 e. The average molecular weight is 498 g/mol. The lowest BCUT2D eigenvalue weighted by Crippen LogP contribution is -2.61. The number of carbonyl (C=O) groups is 2. The molecule has 14 heteroatoms.